The molecule has 0 radical (unpaired) electrons. The molecule has 0 saturated heterocycles. The number of fused-ring (bicyclic) bond motifs is 7. The molecular weight excluding hydrogens is 569 g/mol. The molecule has 6 aromatic carbocycles. The van der Waals surface area contributed by atoms with Crippen LogP contribution >= 0.6 is 22.7 Å². The highest BCUT2D eigenvalue weighted by Crippen LogP contribution is 2.61. The summed E-state index contributed by atoms with van der Waals surface area (Å²) < 4.78 is 2.72. The van der Waals surface area contributed by atoms with E-state index in [1.165, 1.54) is 74.4 Å². The van der Waals surface area contributed by atoms with Gasteiger partial charge < -0.3 is 0 Å². The molecule has 44 heavy (non-hydrogen) atoms. The van der Waals surface area contributed by atoms with Crippen LogP contribution < -0.4 is 0 Å². The molecule has 0 saturated carbocycles. The van der Waals surface area contributed by atoms with E-state index in [9.17, 15) is 0 Å². The van der Waals surface area contributed by atoms with Crippen LogP contribution in [0.25, 0.3) is 52.2 Å². The minimum Gasteiger partial charge on any atom is -0.134 e. The lowest BCUT2D eigenvalue weighted by Crippen LogP contribution is -2.18. The Morgan fingerprint density at radius 3 is 1.09 bits per heavy atom. The zero-order chi connectivity index (χ0) is 29.0. The summed E-state index contributed by atoms with van der Waals surface area (Å²) in [6.45, 7) is 0. The molecule has 8 aromatic rings. The summed E-state index contributed by atoms with van der Waals surface area (Å²) in [5.41, 5.74) is 10.8. The van der Waals surface area contributed by atoms with Crippen molar-refractivity contribution in [2.45, 2.75) is 11.8 Å². The van der Waals surface area contributed by atoms with Gasteiger partial charge in [0.25, 0.3) is 0 Å². The van der Waals surface area contributed by atoms with E-state index < -0.39 is 0 Å². The second kappa shape index (κ2) is 10.4. The number of hydrogen-bond donors (Lipinski definition) is 0. The fourth-order valence-electron chi connectivity index (χ4n) is 7.18. The van der Waals surface area contributed by atoms with Gasteiger partial charge in [-0.05, 0) is 79.5 Å². The molecule has 0 nitrogen and oxygen atoms in total. The highest BCUT2D eigenvalue weighted by Gasteiger charge is 2.40. The first-order valence-electron chi connectivity index (χ1n) is 15.2. The van der Waals surface area contributed by atoms with Crippen LogP contribution in [0.2, 0.25) is 0 Å². The van der Waals surface area contributed by atoms with Crippen molar-refractivity contribution in [2.24, 2.45) is 0 Å². The summed E-state index contributed by atoms with van der Waals surface area (Å²) in [5, 5.41) is 2.77. The third-order valence-electron chi connectivity index (χ3n) is 9.15. The van der Waals surface area contributed by atoms with Gasteiger partial charge in [-0.1, -0.05) is 133 Å². The molecule has 0 amide bonds. The molecule has 0 fully saturated rings. The van der Waals surface area contributed by atoms with Crippen molar-refractivity contribution >= 4 is 42.8 Å². The lowest BCUT2D eigenvalue weighted by molar-refractivity contribution is 0.700. The van der Waals surface area contributed by atoms with E-state index in [1.54, 1.807) is 0 Å². The van der Waals surface area contributed by atoms with Crippen LogP contribution in [-0.4, -0.2) is 0 Å². The molecule has 0 N–H and O–H groups in total. The van der Waals surface area contributed by atoms with E-state index in [4.69, 9.17) is 0 Å². The number of thiophene rings is 2. The van der Waals surface area contributed by atoms with Crippen LogP contribution in [0.5, 0.6) is 0 Å². The summed E-state index contributed by atoms with van der Waals surface area (Å²) in [4.78, 5) is 2.87. The molecule has 9 rings (SSSR count). The predicted octanol–water partition coefficient (Wildman–Crippen LogP) is 12.4. The minimum absolute atomic E-state index is 0.194. The monoisotopic (exact) mass is 596 g/mol. The smallest absolute Gasteiger partial charge is 0.0497 e. The fourth-order valence-corrected chi connectivity index (χ4v) is 9.80. The van der Waals surface area contributed by atoms with E-state index in [1.807, 2.05) is 22.7 Å². The highest BCUT2D eigenvalue weighted by molar-refractivity contribution is 7.29. The minimum atomic E-state index is 0.194. The van der Waals surface area contributed by atoms with E-state index in [2.05, 4.69) is 158 Å². The van der Waals surface area contributed by atoms with Gasteiger partial charge in [-0.25, -0.2) is 0 Å². The lowest BCUT2D eigenvalue weighted by atomic mass is 9.69. The summed E-state index contributed by atoms with van der Waals surface area (Å²) in [6, 6.07) is 58.2. The standard InChI is InChI=1S/C42H28S2/c1-5-13-27(14-6-1)31-21-23-35-33(25-31)39-37(29-17-9-3-10-18-29)38(30-19-11-4-12-20-30)40-34-26-32(28-15-7-2-8-16-28)22-24-36(34)44-42(40)41(39)43-35/h1-26,37-38H. The molecule has 208 valence electrons. The second-order valence-electron chi connectivity index (χ2n) is 11.6. The third kappa shape index (κ3) is 4.10. The molecule has 2 heteroatoms. The number of rotatable bonds is 4. The van der Waals surface area contributed by atoms with Crippen LogP contribution in [0.4, 0.5) is 0 Å². The van der Waals surface area contributed by atoms with Gasteiger partial charge in [0.2, 0.25) is 0 Å². The molecule has 2 atom stereocenters. The van der Waals surface area contributed by atoms with Crippen molar-refractivity contribution in [2.75, 3.05) is 0 Å². The summed E-state index contributed by atoms with van der Waals surface area (Å²) in [5.74, 6) is 0.387. The highest BCUT2D eigenvalue weighted by atomic mass is 32.1. The first-order valence-corrected chi connectivity index (χ1v) is 16.8. The van der Waals surface area contributed by atoms with Crippen molar-refractivity contribution in [1.82, 2.24) is 0 Å². The molecule has 0 aliphatic heterocycles. The van der Waals surface area contributed by atoms with Crippen molar-refractivity contribution < 1.29 is 0 Å². The molecule has 0 bridgehead atoms. The Bertz CT molecular complexity index is 2090. The van der Waals surface area contributed by atoms with Gasteiger partial charge in [-0.2, -0.15) is 0 Å². The molecule has 2 aromatic heterocycles. The Labute approximate surface area is 265 Å². The summed E-state index contributed by atoms with van der Waals surface area (Å²) in [6.07, 6.45) is 0. The lowest BCUT2D eigenvalue weighted by Gasteiger charge is -2.34. The van der Waals surface area contributed by atoms with Gasteiger partial charge in [-0.15, -0.1) is 22.7 Å². The van der Waals surface area contributed by atoms with Crippen LogP contribution in [0.3, 0.4) is 0 Å². The quantitative estimate of drug-likeness (QED) is 0.190. The largest absolute Gasteiger partial charge is 0.134 e. The van der Waals surface area contributed by atoms with Gasteiger partial charge in [0.15, 0.2) is 0 Å². The molecule has 2 unspecified atom stereocenters. The first kappa shape index (κ1) is 25.7. The Hall–Kier alpha value is -4.76. The SMILES string of the molecule is c1ccc(-c2ccc3sc4c(c3c2)C(c2ccccc2)C(c2ccccc2)c2c-4sc3ccc(-c4ccccc4)cc23)cc1. The van der Waals surface area contributed by atoms with E-state index in [0.29, 0.717) is 0 Å². The van der Waals surface area contributed by atoms with Crippen LogP contribution in [0.15, 0.2) is 158 Å². The average Bonchev–Trinajstić information content (AvgIpc) is 3.67. The second-order valence-corrected chi connectivity index (χ2v) is 13.7. The summed E-state index contributed by atoms with van der Waals surface area (Å²) in [7, 11) is 0. The summed E-state index contributed by atoms with van der Waals surface area (Å²) >= 11 is 3.94. The maximum atomic E-state index is 2.45. The molecular formula is C42H28S2. The molecule has 1 aliphatic carbocycles. The van der Waals surface area contributed by atoms with Crippen LogP contribution in [0.1, 0.15) is 34.1 Å². The Morgan fingerprint density at radius 1 is 0.341 bits per heavy atom. The average molecular weight is 597 g/mol. The fraction of sp³-hybridized carbons (Fsp3) is 0.0476. The van der Waals surface area contributed by atoms with Crippen molar-refractivity contribution in [1.29, 1.82) is 0 Å². The topological polar surface area (TPSA) is 0 Å². The van der Waals surface area contributed by atoms with Gasteiger partial charge in [0, 0.05) is 31.0 Å². The van der Waals surface area contributed by atoms with Gasteiger partial charge >= 0.3 is 0 Å². The molecule has 1 aliphatic rings. The number of benzene rings is 6. The number of hydrogen-bond acceptors (Lipinski definition) is 2. The van der Waals surface area contributed by atoms with Crippen molar-refractivity contribution in [3.05, 3.63) is 180 Å². The molecule has 2 heterocycles. The Morgan fingerprint density at radius 2 is 0.705 bits per heavy atom. The van der Waals surface area contributed by atoms with E-state index in [-0.39, 0.29) is 11.8 Å². The zero-order valence-corrected chi connectivity index (χ0v) is 25.6. The molecule has 0 spiro atoms. The van der Waals surface area contributed by atoms with E-state index >= 15 is 0 Å². The maximum absolute atomic E-state index is 2.45. The van der Waals surface area contributed by atoms with Crippen molar-refractivity contribution in [3.8, 4) is 32.0 Å². The van der Waals surface area contributed by atoms with Gasteiger partial charge in [-0.3, -0.25) is 0 Å². The Kier molecular flexibility index (Phi) is 6.11. The van der Waals surface area contributed by atoms with Gasteiger partial charge in [0.05, 0.1) is 0 Å². The van der Waals surface area contributed by atoms with Crippen LogP contribution in [0, 0.1) is 0 Å². The maximum Gasteiger partial charge on any atom is 0.0497 e. The zero-order valence-electron chi connectivity index (χ0n) is 24.0. The van der Waals surface area contributed by atoms with Crippen molar-refractivity contribution in [3.63, 3.8) is 0 Å². The first-order chi connectivity index (χ1) is 21.8. The third-order valence-corrected chi connectivity index (χ3v) is 11.7. The van der Waals surface area contributed by atoms with E-state index in [0.717, 1.165) is 0 Å². The predicted molar refractivity (Wildman–Crippen MR) is 190 cm³/mol. The normalized spacial score (nSPS) is 15.7. The van der Waals surface area contributed by atoms with Crippen LogP contribution in [-0.2, 0) is 0 Å². The van der Waals surface area contributed by atoms with Gasteiger partial charge in [0.1, 0.15) is 0 Å². The Balaban J connectivity index is 1.38.